The van der Waals surface area contributed by atoms with Crippen molar-refractivity contribution < 1.29 is 38.2 Å². The van der Waals surface area contributed by atoms with Crippen molar-refractivity contribution in [1.82, 2.24) is 4.73 Å². The number of carbonyl (C=O) groups is 2. The molecule has 0 saturated heterocycles. The van der Waals surface area contributed by atoms with E-state index in [0.717, 1.165) is 6.42 Å². The maximum absolute atomic E-state index is 12.5. The van der Waals surface area contributed by atoms with E-state index >= 15 is 0 Å². The van der Waals surface area contributed by atoms with Crippen molar-refractivity contribution in [3.8, 4) is 28.8 Å². The summed E-state index contributed by atoms with van der Waals surface area (Å²) in [5, 5.41) is 19.7. The zero-order valence-electron chi connectivity index (χ0n) is 19.2. The Morgan fingerprint density at radius 1 is 1.00 bits per heavy atom. The van der Waals surface area contributed by atoms with Crippen LogP contribution in [0.1, 0.15) is 38.4 Å². The van der Waals surface area contributed by atoms with Gasteiger partial charge < -0.3 is 28.6 Å². The van der Waals surface area contributed by atoms with Crippen LogP contribution in [-0.2, 0) is 16.0 Å². The molecule has 2 N–H and O–H groups in total. The van der Waals surface area contributed by atoms with Crippen LogP contribution in [0.5, 0.6) is 17.5 Å². The highest BCUT2D eigenvalue weighted by molar-refractivity contribution is 6.33. The van der Waals surface area contributed by atoms with Gasteiger partial charge in [-0.05, 0) is 37.1 Å². The van der Waals surface area contributed by atoms with Gasteiger partial charge in [-0.3, -0.25) is 4.79 Å². The first-order valence-corrected chi connectivity index (χ1v) is 11.4. The van der Waals surface area contributed by atoms with Crippen LogP contribution in [0.25, 0.3) is 22.3 Å². The molecule has 0 fully saturated rings. The Morgan fingerprint density at radius 2 is 1.75 bits per heavy atom. The number of aryl methyl sites for hydroxylation is 1. The topological polar surface area (TPSA) is 141 Å². The number of hydrogen-bond acceptors (Lipinski definition) is 9. The van der Waals surface area contributed by atoms with E-state index in [9.17, 15) is 24.6 Å². The molecule has 0 spiro atoms. The first kappa shape index (κ1) is 24.9. The smallest absolute Gasteiger partial charge is 0.347 e. The molecule has 0 aliphatic heterocycles. The van der Waals surface area contributed by atoms with Crippen LogP contribution in [0, 0.1) is 0 Å². The molecule has 0 aliphatic carbocycles. The van der Waals surface area contributed by atoms with E-state index in [0.29, 0.717) is 40.9 Å². The number of halogens is 1. The molecule has 1 aromatic carbocycles. The van der Waals surface area contributed by atoms with E-state index in [2.05, 4.69) is 0 Å². The van der Waals surface area contributed by atoms with E-state index in [1.807, 2.05) is 0 Å². The first-order chi connectivity index (χ1) is 17.2. The monoisotopic (exact) mass is 515 g/mol. The number of nitrogens with zero attached hydrogens (tertiary/aromatic N) is 1. The van der Waals surface area contributed by atoms with Crippen LogP contribution >= 0.6 is 11.6 Å². The standard InChI is InChI=1S/C25H22ClNO9/c1-14(28)33-21-13-20-15(12-18(21)26)11-17(25(32)35-20)19-8-7-16(34-19)5-3-2-4-6-24(31)36-27-22(29)9-10-23(27)30/h7-13,29-30H,2-6H2,1H3. The van der Waals surface area contributed by atoms with Gasteiger partial charge in [0.15, 0.2) is 5.75 Å². The Balaban J connectivity index is 1.33. The summed E-state index contributed by atoms with van der Waals surface area (Å²) in [7, 11) is 0. The van der Waals surface area contributed by atoms with Gasteiger partial charge >= 0.3 is 17.6 Å². The summed E-state index contributed by atoms with van der Waals surface area (Å²) in [6.45, 7) is 1.24. The van der Waals surface area contributed by atoms with E-state index < -0.39 is 17.6 Å². The SMILES string of the molecule is CC(=O)Oc1cc2oc(=O)c(-c3ccc(CCCCCC(=O)On4c(O)ccc4O)o3)cc2cc1Cl. The van der Waals surface area contributed by atoms with E-state index in [1.165, 1.54) is 31.2 Å². The van der Waals surface area contributed by atoms with Crippen LogP contribution in [-0.4, -0.2) is 26.9 Å². The molecule has 0 radical (unpaired) electrons. The van der Waals surface area contributed by atoms with Crippen molar-refractivity contribution in [2.75, 3.05) is 0 Å². The average molecular weight is 516 g/mol. The van der Waals surface area contributed by atoms with Gasteiger partial charge in [-0.25, -0.2) is 9.59 Å². The van der Waals surface area contributed by atoms with Crippen LogP contribution in [0.4, 0.5) is 0 Å². The number of furan rings is 1. The second-order valence-electron chi connectivity index (χ2n) is 8.00. The molecule has 4 rings (SSSR count). The Kier molecular flexibility index (Phi) is 7.35. The molecule has 4 aromatic rings. The molecular formula is C25H22ClNO9. The quantitative estimate of drug-likeness (QED) is 0.141. The lowest BCUT2D eigenvalue weighted by molar-refractivity contribution is -0.145. The number of benzene rings is 1. The molecular weight excluding hydrogens is 494 g/mol. The van der Waals surface area contributed by atoms with Crippen molar-refractivity contribution in [2.45, 2.75) is 39.0 Å². The fraction of sp³-hybridized carbons (Fsp3) is 0.240. The van der Waals surface area contributed by atoms with Gasteiger partial charge in [0.25, 0.3) is 0 Å². The van der Waals surface area contributed by atoms with Gasteiger partial charge in [-0.15, -0.1) is 4.73 Å². The lowest BCUT2D eigenvalue weighted by Crippen LogP contribution is -2.18. The molecule has 0 saturated carbocycles. The molecule has 3 heterocycles. The van der Waals surface area contributed by atoms with Gasteiger partial charge in [0.1, 0.15) is 22.7 Å². The molecule has 0 aliphatic rings. The summed E-state index contributed by atoms with van der Waals surface area (Å²) < 4.78 is 16.9. The second-order valence-corrected chi connectivity index (χ2v) is 8.40. The highest BCUT2D eigenvalue weighted by atomic mass is 35.5. The third kappa shape index (κ3) is 5.72. The van der Waals surface area contributed by atoms with Gasteiger partial charge in [-0.2, -0.15) is 0 Å². The molecule has 11 heteroatoms. The summed E-state index contributed by atoms with van der Waals surface area (Å²) in [4.78, 5) is 40.5. The molecule has 3 aromatic heterocycles. The van der Waals surface area contributed by atoms with Gasteiger partial charge in [-0.1, -0.05) is 18.0 Å². The molecule has 188 valence electrons. The average Bonchev–Trinajstić information content (AvgIpc) is 3.41. The Labute approximate surface area is 209 Å². The van der Waals surface area contributed by atoms with Crippen LogP contribution in [0.15, 0.2) is 56.1 Å². The van der Waals surface area contributed by atoms with Crippen molar-refractivity contribution in [1.29, 1.82) is 0 Å². The van der Waals surface area contributed by atoms with Crippen molar-refractivity contribution in [3.63, 3.8) is 0 Å². The number of fused-ring (bicyclic) bond motifs is 1. The maximum atomic E-state index is 12.5. The largest absolute Gasteiger partial charge is 0.492 e. The summed E-state index contributed by atoms with van der Waals surface area (Å²) >= 11 is 6.17. The number of esters is 1. The van der Waals surface area contributed by atoms with E-state index in [1.54, 1.807) is 18.2 Å². The summed E-state index contributed by atoms with van der Waals surface area (Å²) in [5.41, 5.74) is -0.168. The Bertz CT molecular complexity index is 1460. The van der Waals surface area contributed by atoms with E-state index in [4.69, 9.17) is 30.0 Å². The zero-order chi connectivity index (χ0) is 25.8. The predicted molar refractivity (Wildman–Crippen MR) is 128 cm³/mol. The first-order valence-electron chi connectivity index (χ1n) is 11.1. The normalized spacial score (nSPS) is 11.1. The second kappa shape index (κ2) is 10.6. The summed E-state index contributed by atoms with van der Waals surface area (Å²) in [5.74, 6) is -0.763. The molecule has 0 amide bonds. The van der Waals surface area contributed by atoms with Crippen molar-refractivity contribution >= 4 is 34.5 Å². The minimum Gasteiger partial charge on any atom is -0.492 e. The predicted octanol–water partition coefficient (Wildman–Crippen LogP) is 4.60. The van der Waals surface area contributed by atoms with E-state index in [-0.39, 0.29) is 40.1 Å². The summed E-state index contributed by atoms with van der Waals surface area (Å²) in [6, 6.07) is 10.4. The summed E-state index contributed by atoms with van der Waals surface area (Å²) in [6.07, 6.45) is 2.67. The Morgan fingerprint density at radius 3 is 2.47 bits per heavy atom. The molecule has 0 bridgehead atoms. The Hall–Kier alpha value is -4.18. The zero-order valence-corrected chi connectivity index (χ0v) is 19.9. The van der Waals surface area contributed by atoms with Crippen LogP contribution in [0.2, 0.25) is 5.02 Å². The molecule has 10 nitrogen and oxygen atoms in total. The maximum Gasteiger partial charge on any atom is 0.347 e. The van der Waals surface area contributed by atoms with Crippen molar-refractivity contribution in [2.24, 2.45) is 0 Å². The fourth-order valence-corrected chi connectivity index (χ4v) is 3.78. The number of carbonyl (C=O) groups excluding carboxylic acids is 2. The van der Waals surface area contributed by atoms with Crippen LogP contribution < -0.4 is 15.2 Å². The number of unbranched alkanes of at least 4 members (excludes halogenated alkanes) is 2. The number of aromatic hydroxyl groups is 2. The number of hydrogen-bond donors (Lipinski definition) is 2. The van der Waals surface area contributed by atoms with Gasteiger partial charge in [0, 0.05) is 43.4 Å². The minimum absolute atomic E-state index is 0.0992. The third-order valence-corrected chi connectivity index (χ3v) is 5.56. The van der Waals surface area contributed by atoms with Crippen molar-refractivity contribution in [3.05, 3.63) is 63.7 Å². The number of aromatic nitrogens is 1. The van der Waals surface area contributed by atoms with Gasteiger partial charge in [0.2, 0.25) is 11.8 Å². The number of ether oxygens (including phenoxy) is 1. The lowest BCUT2D eigenvalue weighted by Gasteiger charge is -2.06. The number of rotatable bonds is 9. The highest BCUT2D eigenvalue weighted by Gasteiger charge is 2.15. The lowest BCUT2D eigenvalue weighted by atomic mass is 10.1. The fourth-order valence-electron chi connectivity index (χ4n) is 3.57. The van der Waals surface area contributed by atoms with Crippen LogP contribution in [0.3, 0.4) is 0 Å². The van der Waals surface area contributed by atoms with Gasteiger partial charge in [0.05, 0.1) is 5.02 Å². The molecule has 0 atom stereocenters. The molecule has 0 unspecified atom stereocenters. The minimum atomic E-state index is -0.613. The third-order valence-electron chi connectivity index (χ3n) is 5.26. The highest BCUT2D eigenvalue weighted by Crippen LogP contribution is 2.32. The molecule has 36 heavy (non-hydrogen) atoms.